The Balaban J connectivity index is 1.29. The van der Waals surface area contributed by atoms with Gasteiger partial charge in [-0.3, -0.25) is 0 Å². The van der Waals surface area contributed by atoms with Crippen LogP contribution >= 0.6 is 0 Å². The fourth-order valence-corrected chi connectivity index (χ4v) is 3.86. The van der Waals surface area contributed by atoms with Crippen LogP contribution in [0.3, 0.4) is 0 Å². The lowest BCUT2D eigenvalue weighted by Crippen LogP contribution is -2.17. The van der Waals surface area contributed by atoms with Crippen LogP contribution in [0.15, 0.2) is 133 Å². The van der Waals surface area contributed by atoms with Crippen molar-refractivity contribution in [1.29, 1.82) is 0 Å². The van der Waals surface area contributed by atoms with E-state index in [1.807, 2.05) is 84.9 Å². The first kappa shape index (κ1) is 22.8. The number of esters is 2. The van der Waals surface area contributed by atoms with Crippen LogP contribution in [0, 0.1) is 0 Å². The minimum absolute atomic E-state index is 0.135. The average molecular weight is 471 g/mol. The van der Waals surface area contributed by atoms with Crippen LogP contribution in [-0.4, -0.2) is 11.9 Å². The first-order valence-electron chi connectivity index (χ1n) is 11.5. The SMILES string of the molecule is O=C(Oc1ccc(-c2ccccc2)cc1)c1ccccc1C(=O)Oc1ccc(-c2ccccc2)cc1. The molecule has 0 heterocycles. The number of carbonyl (C=O) groups is 2. The molecule has 0 N–H and O–H groups in total. The molecule has 0 fully saturated rings. The summed E-state index contributed by atoms with van der Waals surface area (Å²) in [4.78, 5) is 25.8. The second kappa shape index (κ2) is 10.5. The second-order valence-corrected chi connectivity index (χ2v) is 8.11. The van der Waals surface area contributed by atoms with Gasteiger partial charge in [-0.05, 0) is 58.7 Å². The van der Waals surface area contributed by atoms with E-state index in [0.717, 1.165) is 22.3 Å². The van der Waals surface area contributed by atoms with E-state index >= 15 is 0 Å². The second-order valence-electron chi connectivity index (χ2n) is 8.11. The van der Waals surface area contributed by atoms with Crippen molar-refractivity contribution in [2.45, 2.75) is 0 Å². The first-order valence-corrected chi connectivity index (χ1v) is 11.5. The highest BCUT2D eigenvalue weighted by Crippen LogP contribution is 2.25. The molecule has 174 valence electrons. The predicted molar refractivity (Wildman–Crippen MR) is 140 cm³/mol. The fraction of sp³-hybridized carbons (Fsp3) is 0. The van der Waals surface area contributed by atoms with Crippen molar-refractivity contribution in [3.05, 3.63) is 145 Å². The minimum Gasteiger partial charge on any atom is -0.423 e. The summed E-state index contributed by atoms with van der Waals surface area (Å²) in [5, 5.41) is 0. The molecule has 0 saturated carbocycles. The molecule has 0 radical (unpaired) electrons. The molecular weight excluding hydrogens is 448 g/mol. The molecule has 0 bridgehead atoms. The molecule has 0 aliphatic heterocycles. The van der Waals surface area contributed by atoms with Crippen molar-refractivity contribution in [2.75, 3.05) is 0 Å². The van der Waals surface area contributed by atoms with Gasteiger partial charge in [0.2, 0.25) is 0 Å². The van der Waals surface area contributed by atoms with E-state index in [1.54, 1.807) is 48.5 Å². The minimum atomic E-state index is -0.630. The van der Waals surface area contributed by atoms with Gasteiger partial charge in [0.15, 0.2) is 0 Å². The maximum atomic E-state index is 12.9. The van der Waals surface area contributed by atoms with Crippen LogP contribution in [0.5, 0.6) is 11.5 Å². The molecule has 0 aromatic heterocycles. The van der Waals surface area contributed by atoms with Gasteiger partial charge in [-0.2, -0.15) is 0 Å². The summed E-state index contributed by atoms with van der Waals surface area (Å²) in [6, 6.07) is 40.8. The Morgan fingerprint density at radius 1 is 0.361 bits per heavy atom. The molecular formula is C32H22O4. The molecule has 4 nitrogen and oxygen atoms in total. The number of carbonyl (C=O) groups excluding carboxylic acids is 2. The first-order chi connectivity index (χ1) is 17.7. The van der Waals surface area contributed by atoms with E-state index in [0.29, 0.717) is 11.5 Å². The Kier molecular flexibility index (Phi) is 6.68. The topological polar surface area (TPSA) is 52.6 Å². The van der Waals surface area contributed by atoms with Crippen LogP contribution < -0.4 is 9.47 Å². The molecule has 36 heavy (non-hydrogen) atoms. The summed E-state index contributed by atoms with van der Waals surface area (Å²) >= 11 is 0. The van der Waals surface area contributed by atoms with Crippen molar-refractivity contribution in [2.24, 2.45) is 0 Å². The van der Waals surface area contributed by atoms with Gasteiger partial charge in [-0.25, -0.2) is 9.59 Å². The molecule has 5 aromatic carbocycles. The molecule has 0 unspecified atom stereocenters. The van der Waals surface area contributed by atoms with Crippen LogP contribution in [0.2, 0.25) is 0 Å². The summed E-state index contributed by atoms with van der Waals surface area (Å²) < 4.78 is 11.1. The summed E-state index contributed by atoms with van der Waals surface area (Å²) in [6.45, 7) is 0. The summed E-state index contributed by atoms with van der Waals surface area (Å²) in [5.74, 6) is -0.484. The molecule has 0 saturated heterocycles. The fourth-order valence-electron chi connectivity index (χ4n) is 3.86. The van der Waals surface area contributed by atoms with Gasteiger partial charge in [-0.15, -0.1) is 0 Å². The van der Waals surface area contributed by atoms with Gasteiger partial charge < -0.3 is 9.47 Å². The van der Waals surface area contributed by atoms with Crippen molar-refractivity contribution in [3.8, 4) is 33.8 Å². The zero-order valence-electron chi connectivity index (χ0n) is 19.3. The van der Waals surface area contributed by atoms with E-state index in [-0.39, 0.29) is 11.1 Å². The average Bonchev–Trinajstić information content (AvgIpc) is 2.95. The van der Waals surface area contributed by atoms with E-state index < -0.39 is 11.9 Å². The number of rotatable bonds is 6. The van der Waals surface area contributed by atoms with Crippen LogP contribution in [0.25, 0.3) is 22.3 Å². The highest BCUT2D eigenvalue weighted by atomic mass is 16.5. The Bertz CT molecular complexity index is 1360. The maximum absolute atomic E-state index is 12.9. The number of hydrogen-bond acceptors (Lipinski definition) is 4. The van der Waals surface area contributed by atoms with Crippen molar-refractivity contribution in [1.82, 2.24) is 0 Å². The number of hydrogen-bond donors (Lipinski definition) is 0. The van der Waals surface area contributed by atoms with Gasteiger partial charge in [0, 0.05) is 0 Å². The zero-order valence-corrected chi connectivity index (χ0v) is 19.3. The third kappa shape index (κ3) is 5.24. The van der Waals surface area contributed by atoms with E-state index in [1.165, 1.54) is 0 Å². The Morgan fingerprint density at radius 2 is 0.667 bits per heavy atom. The largest absolute Gasteiger partial charge is 0.423 e. The van der Waals surface area contributed by atoms with Gasteiger partial charge in [0.25, 0.3) is 0 Å². The molecule has 0 atom stereocenters. The highest BCUT2D eigenvalue weighted by Gasteiger charge is 2.20. The third-order valence-corrected chi connectivity index (χ3v) is 5.71. The summed E-state index contributed by atoms with van der Waals surface area (Å²) in [6.07, 6.45) is 0. The standard InChI is InChI=1S/C32H22O4/c33-31(35-27-19-15-25(16-20-27)23-9-3-1-4-10-23)29-13-7-8-14-30(29)32(34)36-28-21-17-26(18-22-28)24-11-5-2-6-12-24/h1-22H. The van der Waals surface area contributed by atoms with Crippen molar-refractivity contribution in [3.63, 3.8) is 0 Å². The zero-order chi connectivity index (χ0) is 24.7. The molecule has 0 spiro atoms. The predicted octanol–water partition coefficient (Wildman–Crippen LogP) is 7.46. The van der Waals surface area contributed by atoms with Gasteiger partial charge in [-0.1, -0.05) is 97.1 Å². The van der Waals surface area contributed by atoms with Crippen LogP contribution in [-0.2, 0) is 0 Å². The smallest absolute Gasteiger partial charge is 0.344 e. The highest BCUT2D eigenvalue weighted by molar-refractivity contribution is 6.04. The molecule has 0 aliphatic rings. The lowest BCUT2D eigenvalue weighted by atomic mass is 10.1. The molecule has 5 aromatic rings. The van der Waals surface area contributed by atoms with Gasteiger partial charge in [0.1, 0.15) is 11.5 Å². The van der Waals surface area contributed by atoms with Gasteiger partial charge in [0.05, 0.1) is 11.1 Å². The number of ether oxygens (including phenoxy) is 2. The molecule has 4 heteroatoms. The molecule has 0 amide bonds. The number of benzene rings is 5. The quantitative estimate of drug-likeness (QED) is 0.191. The maximum Gasteiger partial charge on any atom is 0.344 e. The van der Waals surface area contributed by atoms with Crippen molar-refractivity contribution < 1.29 is 19.1 Å². The van der Waals surface area contributed by atoms with Crippen LogP contribution in [0.1, 0.15) is 20.7 Å². The summed E-state index contributed by atoms with van der Waals surface area (Å²) in [5.41, 5.74) is 4.43. The third-order valence-electron chi connectivity index (χ3n) is 5.71. The van der Waals surface area contributed by atoms with E-state index in [9.17, 15) is 9.59 Å². The Labute approximate surface area is 209 Å². The van der Waals surface area contributed by atoms with Crippen LogP contribution in [0.4, 0.5) is 0 Å². The molecule has 5 rings (SSSR count). The normalized spacial score (nSPS) is 10.4. The Morgan fingerprint density at radius 3 is 1.03 bits per heavy atom. The van der Waals surface area contributed by atoms with Gasteiger partial charge >= 0.3 is 11.9 Å². The monoisotopic (exact) mass is 470 g/mol. The van der Waals surface area contributed by atoms with E-state index in [4.69, 9.17) is 9.47 Å². The lowest BCUT2D eigenvalue weighted by Gasteiger charge is -2.10. The Hall–Kier alpha value is -4.96. The van der Waals surface area contributed by atoms with Crippen molar-refractivity contribution >= 4 is 11.9 Å². The molecule has 0 aliphatic carbocycles. The lowest BCUT2D eigenvalue weighted by molar-refractivity contribution is 0.0692. The summed E-state index contributed by atoms with van der Waals surface area (Å²) in [7, 11) is 0. The van der Waals surface area contributed by atoms with E-state index in [2.05, 4.69) is 0 Å².